The molecule has 6 nitrogen and oxygen atoms in total. The molecule has 0 amide bonds. The van der Waals surface area contributed by atoms with Gasteiger partial charge in [-0.25, -0.2) is 15.0 Å². The normalized spacial score (nSPS) is 11.9. The van der Waals surface area contributed by atoms with Crippen molar-refractivity contribution in [2.75, 3.05) is 0 Å². The van der Waals surface area contributed by atoms with Crippen LogP contribution in [0.2, 0.25) is 0 Å². The molecule has 0 N–H and O–H groups in total. The molecule has 0 radical (unpaired) electrons. The van der Waals surface area contributed by atoms with Gasteiger partial charge in [0.05, 0.1) is 16.6 Å². The molecule has 0 saturated heterocycles. The van der Waals surface area contributed by atoms with Crippen molar-refractivity contribution in [2.45, 2.75) is 0 Å². The van der Waals surface area contributed by atoms with Gasteiger partial charge in [0.2, 0.25) is 0 Å². The van der Waals surface area contributed by atoms with E-state index in [0.29, 0.717) is 17.5 Å². The summed E-state index contributed by atoms with van der Waals surface area (Å²) in [7, 11) is 0. The lowest BCUT2D eigenvalue weighted by Gasteiger charge is -2.09. The molecule has 0 aliphatic carbocycles. The molecule has 238 valence electrons. The second kappa shape index (κ2) is 10.7. The van der Waals surface area contributed by atoms with E-state index in [1.807, 2.05) is 72.8 Å². The van der Waals surface area contributed by atoms with Crippen LogP contribution in [-0.2, 0) is 0 Å². The van der Waals surface area contributed by atoms with E-state index in [1.54, 1.807) is 0 Å². The molecular weight excluding hydrogens is 629 g/mol. The molecule has 0 unspecified atom stereocenters. The number of hydrogen-bond acceptors (Lipinski definition) is 5. The monoisotopic (exact) mass is 654 g/mol. The van der Waals surface area contributed by atoms with E-state index in [-0.39, 0.29) is 0 Å². The average molecular weight is 655 g/mol. The summed E-state index contributed by atoms with van der Waals surface area (Å²) < 4.78 is 15.2. The fourth-order valence-corrected chi connectivity index (χ4v) is 7.50. The van der Waals surface area contributed by atoms with Gasteiger partial charge in [-0.3, -0.25) is 0 Å². The first kappa shape index (κ1) is 27.9. The minimum absolute atomic E-state index is 0.546. The van der Waals surface area contributed by atoms with Gasteiger partial charge in [-0.05, 0) is 60.7 Å². The topological polar surface area (TPSA) is 69.9 Å². The zero-order chi connectivity index (χ0) is 33.5. The molecule has 0 aliphatic rings. The maximum absolute atomic E-state index is 6.77. The van der Waals surface area contributed by atoms with Crippen LogP contribution < -0.4 is 0 Å². The first-order chi connectivity index (χ1) is 25.3. The van der Waals surface area contributed by atoms with Gasteiger partial charge < -0.3 is 13.4 Å². The van der Waals surface area contributed by atoms with Crippen molar-refractivity contribution in [3.8, 4) is 39.9 Å². The molecule has 4 aromatic heterocycles. The Morgan fingerprint density at radius 1 is 0.373 bits per heavy atom. The Hall–Kier alpha value is -7.05. The minimum Gasteiger partial charge on any atom is -0.456 e. The van der Waals surface area contributed by atoms with Crippen molar-refractivity contribution in [3.05, 3.63) is 158 Å². The molecule has 4 heterocycles. The van der Waals surface area contributed by atoms with Crippen LogP contribution in [0.25, 0.3) is 106 Å². The largest absolute Gasteiger partial charge is 0.456 e. The molecule has 0 saturated carbocycles. The Labute approximate surface area is 290 Å². The van der Waals surface area contributed by atoms with Gasteiger partial charge in [-0.2, -0.15) is 0 Å². The molecule has 0 aliphatic heterocycles. The second-order valence-corrected chi connectivity index (χ2v) is 12.8. The van der Waals surface area contributed by atoms with E-state index in [0.717, 1.165) is 82.7 Å². The Balaban J connectivity index is 1.15. The number of nitrogens with zero attached hydrogens (tertiary/aromatic N) is 4. The van der Waals surface area contributed by atoms with Crippen molar-refractivity contribution in [1.82, 2.24) is 19.5 Å². The van der Waals surface area contributed by atoms with E-state index in [4.69, 9.17) is 23.8 Å². The summed E-state index contributed by atoms with van der Waals surface area (Å²) in [6.07, 6.45) is 0. The van der Waals surface area contributed by atoms with Gasteiger partial charge in [-0.1, -0.05) is 97.1 Å². The van der Waals surface area contributed by atoms with Gasteiger partial charge in [0.15, 0.2) is 17.5 Å². The number of aromatic nitrogens is 4. The fraction of sp³-hybridized carbons (Fsp3) is 0. The fourth-order valence-electron chi connectivity index (χ4n) is 7.50. The summed E-state index contributed by atoms with van der Waals surface area (Å²) in [6.45, 7) is 0. The zero-order valence-electron chi connectivity index (χ0n) is 27.1. The Kier molecular flexibility index (Phi) is 5.86. The number of furan rings is 2. The maximum atomic E-state index is 6.77. The Morgan fingerprint density at radius 3 is 1.90 bits per heavy atom. The number of fused-ring (bicyclic) bond motifs is 9. The van der Waals surface area contributed by atoms with E-state index < -0.39 is 0 Å². The van der Waals surface area contributed by atoms with Gasteiger partial charge in [0, 0.05) is 49.1 Å². The van der Waals surface area contributed by atoms with Crippen LogP contribution in [0, 0.1) is 0 Å². The standard InChI is InChI=1S/C45H26N4O2/c1-3-12-27(13-4-1)43-46-44(28-22-23-40-35(24-28)31-17-8-10-21-39(31)50-40)48-45(47-43)33-19-11-18-32-36-25-38-34(26-41(36)51-42(32)33)30-16-7-9-20-37(30)49(38)29-14-5-2-6-15-29/h1-26H. The molecule has 0 fully saturated rings. The summed E-state index contributed by atoms with van der Waals surface area (Å²) in [5.41, 5.74) is 9.22. The van der Waals surface area contributed by atoms with Crippen molar-refractivity contribution in [2.24, 2.45) is 0 Å². The SMILES string of the molecule is c1ccc(-c2nc(-c3ccc4oc5ccccc5c4c3)nc(-c3cccc4c3oc3cc5c6ccccc6n(-c6ccccc6)c5cc34)n2)cc1. The van der Waals surface area contributed by atoms with Crippen LogP contribution in [0.4, 0.5) is 0 Å². The molecule has 6 heteroatoms. The molecular formula is C45H26N4O2. The van der Waals surface area contributed by atoms with Crippen molar-refractivity contribution in [3.63, 3.8) is 0 Å². The lowest BCUT2D eigenvalue weighted by atomic mass is 10.1. The smallest absolute Gasteiger partial charge is 0.167 e. The predicted octanol–water partition coefficient (Wildman–Crippen LogP) is 11.8. The Morgan fingerprint density at radius 2 is 1.04 bits per heavy atom. The highest BCUT2D eigenvalue weighted by atomic mass is 16.3. The van der Waals surface area contributed by atoms with Gasteiger partial charge >= 0.3 is 0 Å². The van der Waals surface area contributed by atoms with Gasteiger partial charge in [-0.15, -0.1) is 0 Å². The summed E-state index contributed by atoms with van der Waals surface area (Å²) >= 11 is 0. The first-order valence-electron chi connectivity index (χ1n) is 16.9. The number of rotatable bonds is 4. The van der Waals surface area contributed by atoms with E-state index >= 15 is 0 Å². The lowest BCUT2D eigenvalue weighted by molar-refractivity contribution is 0.669. The highest BCUT2D eigenvalue weighted by molar-refractivity contribution is 6.18. The molecule has 51 heavy (non-hydrogen) atoms. The molecule has 7 aromatic carbocycles. The lowest BCUT2D eigenvalue weighted by Crippen LogP contribution is -2.00. The average Bonchev–Trinajstić information content (AvgIpc) is 3.86. The summed E-state index contributed by atoms with van der Waals surface area (Å²) in [5, 5.41) is 6.43. The molecule has 0 bridgehead atoms. The summed E-state index contributed by atoms with van der Waals surface area (Å²) in [6, 6.07) is 53.9. The summed E-state index contributed by atoms with van der Waals surface area (Å²) in [4.78, 5) is 15.2. The van der Waals surface area contributed by atoms with Gasteiger partial charge in [0.1, 0.15) is 22.3 Å². The van der Waals surface area contributed by atoms with Crippen LogP contribution in [0.15, 0.2) is 167 Å². The number of para-hydroxylation sites is 4. The third-order valence-corrected chi connectivity index (χ3v) is 9.85. The van der Waals surface area contributed by atoms with Crippen LogP contribution in [0.1, 0.15) is 0 Å². The number of hydrogen-bond donors (Lipinski definition) is 0. The van der Waals surface area contributed by atoms with Crippen LogP contribution >= 0.6 is 0 Å². The van der Waals surface area contributed by atoms with Crippen molar-refractivity contribution in [1.29, 1.82) is 0 Å². The molecule has 0 spiro atoms. The van der Waals surface area contributed by atoms with Crippen LogP contribution in [-0.4, -0.2) is 19.5 Å². The highest BCUT2D eigenvalue weighted by Crippen LogP contribution is 2.41. The first-order valence-corrected chi connectivity index (χ1v) is 16.9. The minimum atomic E-state index is 0.546. The van der Waals surface area contributed by atoms with Crippen LogP contribution in [0.5, 0.6) is 0 Å². The van der Waals surface area contributed by atoms with E-state index in [9.17, 15) is 0 Å². The zero-order valence-corrected chi connectivity index (χ0v) is 27.1. The Bertz CT molecular complexity index is 3140. The predicted molar refractivity (Wildman–Crippen MR) is 205 cm³/mol. The summed E-state index contributed by atoms with van der Waals surface area (Å²) in [5.74, 6) is 1.72. The molecule has 11 rings (SSSR count). The van der Waals surface area contributed by atoms with E-state index in [1.165, 1.54) is 5.39 Å². The second-order valence-electron chi connectivity index (χ2n) is 12.8. The van der Waals surface area contributed by atoms with Crippen molar-refractivity contribution < 1.29 is 8.83 Å². The quantitative estimate of drug-likeness (QED) is 0.189. The maximum Gasteiger partial charge on any atom is 0.167 e. The third kappa shape index (κ3) is 4.26. The van der Waals surface area contributed by atoms with Gasteiger partial charge in [0.25, 0.3) is 0 Å². The molecule has 11 aromatic rings. The molecule has 0 atom stereocenters. The highest BCUT2D eigenvalue weighted by Gasteiger charge is 2.21. The van der Waals surface area contributed by atoms with Crippen LogP contribution in [0.3, 0.4) is 0 Å². The van der Waals surface area contributed by atoms with E-state index in [2.05, 4.69) is 89.5 Å². The third-order valence-electron chi connectivity index (χ3n) is 9.85. The number of benzene rings is 7. The van der Waals surface area contributed by atoms with Crippen molar-refractivity contribution >= 4 is 65.7 Å².